The van der Waals surface area contributed by atoms with Crippen LogP contribution in [0.3, 0.4) is 0 Å². The number of aromatic amines is 1. The van der Waals surface area contributed by atoms with Gasteiger partial charge in [0, 0.05) is 11.6 Å². The first-order valence-electron chi connectivity index (χ1n) is 6.85. The van der Waals surface area contributed by atoms with Crippen LogP contribution in [0.25, 0.3) is 11.3 Å². The van der Waals surface area contributed by atoms with Gasteiger partial charge in [-0.05, 0) is 36.8 Å². The zero-order valence-corrected chi connectivity index (χ0v) is 13.1. The molecule has 23 heavy (non-hydrogen) atoms. The van der Waals surface area contributed by atoms with Gasteiger partial charge in [-0.1, -0.05) is 24.3 Å². The van der Waals surface area contributed by atoms with Gasteiger partial charge in [-0.2, -0.15) is 5.10 Å². The molecule has 0 fully saturated rings. The minimum atomic E-state index is -3.81. The van der Waals surface area contributed by atoms with Gasteiger partial charge < -0.3 is 0 Å². The molecule has 2 aromatic carbocycles. The highest BCUT2D eigenvalue weighted by molar-refractivity contribution is 7.92. The highest BCUT2D eigenvalue weighted by Crippen LogP contribution is 2.24. The summed E-state index contributed by atoms with van der Waals surface area (Å²) in [5, 5.41) is 6.78. The van der Waals surface area contributed by atoms with Gasteiger partial charge in [0.15, 0.2) is 5.82 Å². The van der Waals surface area contributed by atoms with Crippen molar-refractivity contribution in [2.24, 2.45) is 0 Å². The van der Waals surface area contributed by atoms with E-state index >= 15 is 0 Å². The zero-order valence-electron chi connectivity index (χ0n) is 12.2. The van der Waals surface area contributed by atoms with Crippen molar-refractivity contribution in [3.05, 3.63) is 66.0 Å². The number of sulfonamides is 1. The molecule has 0 amide bonds. The second-order valence-corrected chi connectivity index (χ2v) is 6.72. The molecule has 3 rings (SSSR count). The molecule has 5 nitrogen and oxygen atoms in total. The van der Waals surface area contributed by atoms with Crippen molar-refractivity contribution in [2.45, 2.75) is 11.8 Å². The van der Waals surface area contributed by atoms with Crippen LogP contribution in [-0.4, -0.2) is 18.6 Å². The molecule has 7 heteroatoms. The second-order valence-electron chi connectivity index (χ2n) is 5.04. The number of aryl methyl sites for hydroxylation is 1. The third-order valence-electron chi connectivity index (χ3n) is 3.38. The number of halogens is 1. The van der Waals surface area contributed by atoms with Crippen molar-refractivity contribution in [3.8, 4) is 11.3 Å². The average Bonchev–Trinajstić information content (AvgIpc) is 2.95. The number of benzene rings is 2. The van der Waals surface area contributed by atoms with Crippen LogP contribution in [0.5, 0.6) is 0 Å². The van der Waals surface area contributed by atoms with E-state index in [4.69, 9.17) is 0 Å². The Morgan fingerprint density at radius 3 is 2.48 bits per heavy atom. The Hall–Kier alpha value is -2.67. The lowest BCUT2D eigenvalue weighted by atomic mass is 10.1. The number of hydrogen-bond donors (Lipinski definition) is 2. The first-order chi connectivity index (χ1) is 11.0. The first-order valence-corrected chi connectivity index (χ1v) is 8.34. The van der Waals surface area contributed by atoms with Crippen molar-refractivity contribution in [2.75, 3.05) is 4.72 Å². The molecule has 0 saturated heterocycles. The predicted octanol–water partition coefficient (Wildman–Crippen LogP) is 3.33. The van der Waals surface area contributed by atoms with Crippen LogP contribution in [0.2, 0.25) is 0 Å². The van der Waals surface area contributed by atoms with Crippen molar-refractivity contribution in [1.29, 1.82) is 0 Å². The van der Waals surface area contributed by atoms with Crippen molar-refractivity contribution in [3.63, 3.8) is 0 Å². The maximum absolute atomic E-state index is 12.9. The normalized spacial score (nSPS) is 11.4. The van der Waals surface area contributed by atoms with Crippen LogP contribution in [0.1, 0.15) is 5.56 Å². The Morgan fingerprint density at radius 1 is 1.09 bits per heavy atom. The largest absolute Gasteiger partial charge is 0.276 e. The predicted molar refractivity (Wildman–Crippen MR) is 86.0 cm³/mol. The summed E-state index contributed by atoms with van der Waals surface area (Å²) in [4.78, 5) is -0.0284. The fourth-order valence-electron chi connectivity index (χ4n) is 2.20. The molecule has 118 valence electrons. The molecule has 0 aliphatic rings. The molecule has 3 aromatic rings. The molecule has 0 spiro atoms. The standard InChI is InChI=1S/C16H14FN3O2S/c1-11-4-2-3-5-14(11)15-10-16(19-18-15)20-23(21,22)13-8-6-12(17)7-9-13/h2-10H,1H3,(H2,18,19,20). The zero-order chi connectivity index (χ0) is 16.4. The molecule has 0 atom stereocenters. The molecule has 0 bridgehead atoms. The van der Waals surface area contributed by atoms with Gasteiger partial charge in [-0.15, -0.1) is 0 Å². The van der Waals surface area contributed by atoms with Gasteiger partial charge in [-0.25, -0.2) is 12.8 Å². The number of nitrogens with zero attached hydrogens (tertiary/aromatic N) is 1. The Kier molecular flexibility index (Phi) is 3.87. The van der Waals surface area contributed by atoms with Gasteiger partial charge in [-0.3, -0.25) is 9.82 Å². The molecular formula is C16H14FN3O2S. The van der Waals surface area contributed by atoms with Crippen molar-refractivity contribution in [1.82, 2.24) is 10.2 Å². The van der Waals surface area contributed by atoms with Crippen LogP contribution >= 0.6 is 0 Å². The molecule has 0 aliphatic carbocycles. The Bertz CT molecular complexity index is 934. The molecular weight excluding hydrogens is 317 g/mol. The third-order valence-corrected chi connectivity index (χ3v) is 4.75. The molecule has 0 aliphatic heterocycles. The van der Waals surface area contributed by atoms with Gasteiger partial charge in [0.05, 0.1) is 10.6 Å². The van der Waals surface area contributed by atoms with Crippen LogP contribution < -0.4 is 4.72 Å². The summed E-state index contributed by atoms with van der Waals surface area (Å²) in [6, 6.07) is 13.9. The Morgan fingerprint density at radius 2 is 1.78 bits per heavy atom. The summed E-state index contributed by atoms with van der Waals surface area (Å²) in [7, 11) is -3.81. The molecule has 0 radical (unpaired) electrons. The number of hydrogen-bond acceptors (Lipinski definition) is 3. The summed E-state index contributed by atoms with van der Waals surface area (Å²) >= 11 is 0. The van der Waals surface area contributed by atoms with Crippen LogP contribution in [0.4, 0.5) is 10.2 Å². The number of aromatic nitrogens is 2. The minimum absolute atomic E-state index is 0.0284. The smallest absolute Gasteiger partial charge is 0.263 e. The van der Waals surface area contributed by atoms with Crippen LogP contribution in [-0.2, 0) is 10.0 Å². The summed E-state index contributed by atoms with van der Waals surface area (Å²) in [5.41, 5.74) is 2.69. The molecule has 2 N–H and O–H groups in total. The van der Waals surface area contributed by atoms with E-state index in [1.54, 1.807) is 6.07 Å². The van der Waals surface area contributed by atoms with Crippen LogP contribution in [0, 0.1) is 12.7 Å². The SMILES string of the molecule is Cc1ccccc1-c1cc(NS(=O)(=O)c2ccc(F)cc2)n[nH]1. The summed E-state index contributed by atoms with van der Waals surface area (Å²) in [5.74, 6) is -0.321. The Labute approximate surface area is 133 Å². The van der Waals surface area contributed by atoms with Gasteiger partial charge >= 0.3 is 0 Å². The van der Waals surface area contributed by atoms with Crippen LogP contribution in [0.15, 0.2) is 59.5 Å². The van der Waals surface area contributed by atoms with Gasteiger partial charge in [0.2, 0.25) is 0 Å². The van der Waals surface area contributed by atoms with Gasteiger partial charge in [0.1, 0.15) is 5.82 Å². The number of H-pyrrole nitrogens is 1. The average molecular weight is 331 g/mol. The summed E-state index contributed by atoms with van der Waals surface area (Å²) in [6.45, 7) is 1.96. The van der Waals surface area contributed by atoms with E-state index in [1.807, 2.05) is 31.2 Å². The lowest BCUT2D eigenvalue weighted by molar-refractivity contribution is 0.599. The maximum Gasteiger partial charge on any atom is 0.263 e. The summed E-state index contributed by atoms with van der Waals surface area (Å²) in [6.07, 6.45) is 0. The molecule has 1 heterocycles. The topological polar surface area (TPSA) is 74.8 Å². The monoisotopic (exact) mass is 331 g/mol. The number of anilines is 1. The van der Waals surface area contributed by atoms with Crippen molar-refractivity contribution < 1.29 is 12.8 Å². The fourth-order valence-corrected chi connectivity index (χ4v) is 3.19. The van der Waals surface area contributed by atoms with Crippen molar-refractivity contribution >= 4 is 15.8 Å². The lowest BCUT2D eigenvalue weighted by Crippen LogP contribution is -2.13. The second kappa shape index (κ2) is 5.85. The van der Waals surface area contributed by atoms with Gasteiger partial charge in [0.25, 0.3) is 10.0 Å². The highest BCUT2D eigenvalue weighted by Gasteiger charge is 2.16. The molecule has 0 unspecified atom stereocenters. The maximum atomic E-state index is 12.9. The lowest BCUT2D eigenvalue weighted by Gasteiger charge is -2.04. The van der Waals surface area contributed by atoms with E-state index in [-0.39, 0.29) is 10.7 Å². The van der Waals surface area contributed by atoms with E-state index in [9.17, 15) is 12.8 Å². The van der Waals surface area contributed by atoms with E-state index in [1.165, 1.54) is 12.1 Å². The van der Waals surface area contributed by atoms with E-state index < -0.39 is 15.8 Å². The van der Waals surface area contributed by atoms with E-state index in [2.05, 4.69) is 14.9 Å². The number of nitrogens with one attached hydrogen (secondary N) is 2. The molecule has 0 saturated carbocycles. The first kappa shape index (κ1) is 15.2. The van der Waals surface area contributed by atoms with E-state index in [0.717, 1.165) is 23.3 Å². The minimum Gasteiger partial charge on any atom is -0.276 e. The number of rotatable bonds is 4. The fraction of sp³-hybridized carbons (Fsp3) is 0.0625. The quantitative estimate of drug-likeness (QED) is 0.770. The third kappa shape index (κ3) is 3.24. The highest BCUT2D eigenvalue weighted by atomic mass is 32.2. The molecule has 1 aromatic heterocycles. The summed E-state index contributed by atoms with van der Waals surface area (Å²) < 4.78 is 39.7. The Balaban J connectivity index is 1.87. The van der Waals surface area contributed by atoms with E-state index in [0.29, 0.717) is 5.69 Å².